The zero-order valence-electron chi connectivity index (χ0n) is 8.96. The minimum atomic E-state index is 0.247. The number of halogens is 1. The number of aryl methyl sites for hydroxylation is 1. The average molecular weight is 254 g/mol. The summed E-state index contributed by atoms with van der Waals surface area (Å²) in [5.41, 5.74) is 7.29. The van der Waals surface area contributed by atoms with Crippen molar-refractivity contribution in [1.82, 2.24) is 9.97 Å². The Morgan fingerprint density at radius 2 is 2.25 bits per heavy atom. The summed E-state index contributed by atoms with van der Waals surface area (Å²) < 4.78 is 0. The molecule has 0 aliphatic heterocycles. The number of nitrogens with two attached hydrogens (primary N) is 1. The SMILES string of the molecule is CC1CCc2c(sc3nc(Cl)nc(N)c23)C1. The maximum atomic E-state index is 5.93. The van der Waals surface area contributed by atoms with Crippen LogP contribution in [0.15, 0.2) is 0 Å². The van der Waals surface area contributed by atoms with Crippen LogP contribution in [0.25, 0.3) is 10.2 Å². The van der Waals surface area contributed by atoms with Crippen molar-refractivity contribution in [3.8, 4) is 0 Å². The number of anilines is 1. The van der Waals surface area contributed by atoms with Crippen LogP contribution in [0, 0.1) is 5.92 Å². The lowest BCUT2D eigenvalue weighted by Crippen LogP contribution is -2.09. The van der Waals surface area contributed by atoms with Gasteiger partial charge in [-0.1, -0.05) is 6.92 Å². The fourth-order valence-electron chi connectivity index (χ4n) is 2.34. The smallest absolute Gasteiger partial charge is 0.225 e. The second-order valence-electron chi connectivity index (χ2n) is 4.41. The van der Waals surface area contributed by atoms with Crippen molar-refractivity contribution < 1.29 is 0 Å². The van der Waals surface area contributed by atoms with Crippen LogP contribution in [0.4, 0.5) is 5.82 Å². The molecular formula is C11H12ClN3S. The van der Waals surface area contributed by atoms with Crippen LogP contribution < -0.4 is 5.73 Å². The van der Waals surface area contributed by atoms with Gasteiger partial charge in [0.05, 0.1) is 5.39 Å². The third-order valence-corrected chi connectivity index (χ3v) is 4.47. The van der Waals surface area contributed by atoms with Gasteiger partial charge in [-0.05, 0) is 42.3 Å². The number of hydrogen-bond donors (Lipinski definition) is 1. The second-order valence-corrected chi connectivity index (χ2v) is 5.83. The lowest BCUT2D eigenvalue weighted by Gasteiger charge is -2.17. The normalized spacial score (nSPS) is 20.0. The van der Waals surface area contributed by atoms with E-state index in [2.05, 4.69) is 16.9 Å². The first kappa shape index (κ1) is 10.3. The van der Waals surface area contributed by atoms with E-state index in [0.29, 0.717) is 5.82 Å². The quantitative estimate of drug-likeness (QED) is 0.734. The van der Waals surface area contributed by atoms with E-state index in [-0.39, 0.29) is 5.28 Å². The first-order valence-corrected chi connectivity index (χ1v) is 6.58. The molecule has 0 amide bonds. The van der Waals surface area contributed by atoms with Gasteiger partial charge in [0.2, 0.25) is 5.28 Å². The van der Waals surface area contributed by atoms with Gasteiger partial charge in [-0.15, -0.1) is 11.3 Å². The number of fused-ring (bicyclic) bond motifs is 3. The molecule has 0 saturated carbocycles. The van der Waals surface area contributed by atoms with Gasteiger partial charge in [0, 0.05) is 4.88 Å². The highest BCUT2D eigenvalue weighted by molar-refractivity contribution is 7.19. The fourth-order valence-corrected chi connectivity index (χ4v) is 3.96. The van der Waals surface area contributed by atoms with Crippen LogP contribution >= 0.6 is 22.9 Å². The van der Waals surface area contributed by atoms with Crippen molar-refractivity contribution in [2.24, 2.45) is 5.92 Å². The zero-order valence-corrected chi connectivity index (χ0v) is 10.5. The van der Waals surface area contributed by atoms with Crippen LogP contribution in [0.5, 0.6) is 0 Å². The Morgan fingerprint density at radius 1 is 1.44 bits per heavy atom. The van der Waals surface area contributed by atoms with Crippen molar-refractivity contribution in [3.05, 3.63) is 15.7 Å². The van der Waals surface area contributed by atoms with Crippen LogP contribution in [0.1, 0.15) is 23.8 Å². The maximum absolute atomic E-state index is 5.93. The summed E-state index contributed by atoms with van der Waals surface area (Å²) in [5, 5.41) is 1.29. The van der Waals surface area contributed by atoms with Gasteiger partial charge in [0.1, 0.15) is 10.6 Å². The summed E-state index contributed by atoms with van der Waals surface area (Å²) in [6, 6.07) is 0. The summed E-state index contributed by atoms with van der Waals surface area (Å²) in [6.07, 6.45) is 3.44. The summed E-state index contributed by atoms with van der Waals surface area (Å²) in [6.45, 7) is 2.29. The molecular weight excluding hydrogens is 242 g/mol. The monoisotopic (exact) mass is 253 g/mol. The van der Waals surface area contributed by atoms with Crippen molar-refractivity contribution >= 4 is 39.0 Å². The molecule has 3 nitrogen and oxygen atoms in total. The molecule has 16 heavy (non-hydrogen) atoms. The van der Waals surface area contributed by atoms with E-state index in [1.807, 2.05) is 0 Å². The minimum Gasteiger partial charge on any atom is -0.383 e. The van der Waals surface area contributed by atoms with E-state index in [1.165, 1.54) is 16.9 Å². The highest BCUT2D eigenvalue weighted by Gasteiger charge is 2.22. The van der Waals surface area contributed by atoms with Gasteiger partial charge in [0.15, 0.2) is 0 Å². The van der Waals surface area contributed by atoms with E-state index in [4.69, 9.17) is 17.3 Å². The molecule has 1 aliphatic carbocycles. The Kier molecular flexibility index (Phi) is 2.30. The third-order valence-electron chi connectivity index (χ3n) is 3.16. The predicted molar refractivity (Wildman–Crippen MR) is 68.0 cm³/mol. The average Bonchev–Trinajstić information content (AvgIpc) is 2.54. The molecule has 1 atom stereocenters. The Labute approximate surface area is 103 Å². The van der Waals surface area contributed by atoms with E-state index in [0.717, 1.165) is 29.0 Å². The molecule has 0 saturated heterocycles. The van der Waals surface area contributed by atoms with Crippen LogP contribution in [0.2, 0.25) is 5.28 Å². The summed E-state index contributed by atoms with van der Waals surface area (Å²) in [5.74, 6) is 1.28. The van der Waals surface area contributed by atoms with Crippen molar-refractivity contribution in [2.75, 3.05) is 5.73 Å². The molecule has 5 heteroatoms. The molecule has 0 fully saturated rings. The third kappa shape index (κ3) is 1.48. The van der Waals surface area contributed by atoms with Crippen LogP contribution in [-0.4, -0.2) is 9.97 Å². The molecule has 0 radical (unpaired) electrons. The number of rotatable bonds is 0. The molecule has 2 aromatic heterocycles. The molecule has 3 rings (SSSR count). The van der Waals surface area contributed by atoms with E-state index in [1.54, 1.807) is 11.3 Å². The first-order chi connectivity index (χ1) is 7.65. The summed E-state index contributed by atoms with van der Waals surface area (Å²) in [7, 11) is 0. The Balaban J connectivity index is 2.29. The molecule has 84 valence electrons. The fraction of sp³-hybridized carbons (Fsp3) is 0.455. The lowest BCUT2D eigenvalue weighted by molar-refractivity contribution is 0.509. The van der Waals surface area contributed by atoms with Crippen LogP contribution in [0.3, 0.4) is 0 Å². The number of hydrogen-bond acceptors (Lipinski definition) is 4. The maximum Gasteiger partial charge on any atom is 0.225 e. The van der Waals surface area contributed by atoms with E-state index in [9.17, 15) is 0 Å². The Morgan fingerprint density at radius 3 is 3.06 bits per heavy atom. The van der Waals surface area contributed by atoms with Gasteiger partial charge >= 0.3 is 0 Å². The molecule has 0 aromatic carbocycles. The standard InChI is InChI=1S/C11H12ClN3S/c1-5-2-3-6-7(4-5)16-10-8(6)9(13)14-11(12)15-10/h5H,2-4H2,1H3,(H2,13,14,15). The largest absolute Gasteiger partial charge is 0.383 e. The first-order valence-electron chi connectivity index (χ1n) is 5.38. The minimum absolute atomic E-state index is 0.247. The number of nitrogens with zero attached hydrogens (tertiary/aromatic N) is 2. The second kappa shape index (κ2) is 3.57. The molecule has 1 unspecified atom stereocenters. The molecule has 2 N–H and O–H groups in total. The lowest BCUT2D eigenvalue weighted by atomic mass is 9.89. The number of thiophene rings is 1. The van der Waals surface area contributed by atoms with Gasteiger partial charge in [-0.3, -0.25) is 0 Å². The summed E-state index contributed by atoms with van der Waals surface area (Å²) in [4.78, 5) is 10.7. The Hall–Kier alpha value is -0.870. The van der Waals surface area contributed by atoms with Gasteiger partial charge in [-0.2, -0.15) is 0 Å². The van der Waals surface area contributed by atoms with Gasteiger partial charge < -0.3 is 5.73 Å². The number of aromatic nitrogens is 2. The molecule has 1 aliphatic rings. The van der Waals surface area contributed by atoms with Crippen molar-refractivity contribution in [1.29, 1.82) is 0 Å². The van der Waals surface area contributed by atoms with Crippen molar-refractivity contribution in [3.63, 3.8) is 0 Å². The molecule has 2 aromatic rings. The number of nitrogen functional groups attached to an aromatic ring is 1. The molecule has 2 heterocycles. The highest BCUT2D eigenvalue weighted by atomic mass is 35.5. The van der Waals surface area contributed by atoms with E-state index >= 15 is 0 Å². The topological polar surface area (TPSA) is 51.8 Å². The zero-order chi connectivity index (χ0) is 11.3. The van der Waals surface area contributed by atoms with Crippen molar-refractivity contribution in [2.45, 2.75) is 26.2 Å². The Bertz CT molecular complexity index is 564. The van der Waals surface area contributed by atoms with Crippen LogP contribution in [-0.2, 0) is 12.8 Å². The molecule has 0 spiro atoms. The van der Waals surface area contributed by atoms with Gasteiger partial charge in [0.25, 0.3) is 0 Å². The van der Waals surface area contributed by atoms with E-state index < -0.39 is 0 Å². The summed E-state index contributed by atoms with van der Waals surface area (Å²) >= 11 is 7.54. The molecule has 0 bridgehead atoms. The highest BCUT2D eigenvalue weighted by Crippen LogP contribution is 2.39. The predicted octanol–water partition coefficient (Wildman–Crippen LogP) is 3.05. The van der Waals surface area contributed by atoms with Gasteiger partial charge in [-0.25, -0.2) is 9.97 Å².